The molecule has 0 spiro atoms. The maximum Gasteiger partial charge on any atom is 0.0807 e. The SMILES string of the molecule is C=C(NC1CC1)C1=NCC(c2cccs2)=C1. The van der Waals surface area contributed by atoms with Gasteiger partial charge in [0.1, 0.15) is 0 Å². The van der Waals surface area contributed by atoms with Crippen molar-refractivity contribution in [1.82, 2.24) is 5.32 Å². The number of allylic oxidation sites excluding steroid dienone is 1. The van der Waals surface area contributed by atoms with Crippen LogP contribution in [-0.4, -0.2) is 18.3 Å². The predicted octanol–water partition coefficient (Wildman–Crippen LogP) is 2.85. The van der Waals surface area contributed by atoms with Crippen molar-refractivity contribution in [2.24, 2.45) is 4.99 Å². The molecular weight excluding hydrogens is 216 g/mol. The van der Waals surface area contributed by atoms with Gasteiger partial charge in [-0.1, -0.05) is 12.6 Å². The van der Waals surface area contributed by atoms with E-state index in [4.69, 9.17) is 0 Å². The van der Waals surface area contributed by atoms with Crippen LogP contribution in [0.3, 0.4) is 0 Å². The van der Waals surface area contributed by atoms with Crippen molar-refractivity contribution in [3.63, 3.8) is 0 Å². The smallest absolute Gasteiger partial charge is 0.0807 e. The molecule has 0 radical (unpaired) electrons. The third kappa shape index (κ3) is 1.95. The number of hydrogen-bond donors (Lipinski definition) is 1. The zero-order chi connectivity index (χ0) is 11.0. The van der Waals surface area contributed by atoms with E-state index in [1.54, 1.807) is 11.3 Å². The Bertz CT molecular complexity index is 464. The normalized spacial score (nSPS) is 19.2. The summed E-state index contributed by atoms with van der Waals surface area (Å²) in [5.41, 5.74) is 3.31. The summed E-state index contributed by atoms with van der Waals surface area (Å²) in [5, 5.41) is 5.50. The highest BCUT2D eigenvalue weighted by molar-refractivity contribution is 7.11. The molecule has 82 valence electrons. The van der Waals surface area contributed by atoms with Crippen LogP contribution < -0.4 is 5.32 Å². The Hall–Kier alpha value is -1.35. The second kappa shape index (κ2) is 3.91. The monoisotopic (exact) mass is 230 g/mol. The van der Waals surface area contributed by atoms with Gasteiger partial charge in [-0.3, -0.25) is 4.99 Å². The molecule has 0 bridgehead atoms. The van der Waals surface area contributed by atoms with Gasteiger partial charge >= 0.3 is 0 Å². The average molecular weight is 230 g/mol. The van der Waals surface area contributed by atoms with E-state index in [1.165, 1.54) is 23.3 Å². The maximum absolute atomic E-state index is 4.52. The van der Waals surface area contributed by atoms with E-state index in [-0.39, 0.29) is 0 Å². The minimum atomic E-state index is 0.648. The van der Waals surface area contributed by atoms with Gasteiger partial charge in [0.15, 0.2) is 0 Å². The lowest BCUT2D eigenvalue weighted by Crippen LogP contribution is -2.19. The molecule has 1 aromatic rings. The van der Waals surface area contributed by atoms with E-state index in [9.17, 15) is 0 Å². The van der Waals surface area contributed by atoms with Crippen LogP contribution in [0.2, 0.25) is 0 Å². The van der Waals surface area contributed by atoms with Crippen LogP contribution in [0.4, 0.5) is 0 Å². The first-order chi connectivity index (χ1) is 7.83. The Morgan fingerprint density at radius 2 is 2.38 bits per heavy atom. The molecule has 0 aromatic carbocycles. The van der Waals surface area contributed by atoms with Crippen molar-refractivity contribution in [2.75, 3.05) is 6.54 Å². The molecule has 0 unspecified atom stereocenters. The summed E-state index contributed by atoms with van der Waals surface area (Å²) < 4.78 is 0. The highest BCUT2D eigenvalue weighted by Crippen LogP contribution is 2.26. The fraction of sp³-hybridized carbons (Fsp3) is 0.308. The Labute approximate surface area is 99.4 Å². The summed E-state index contributed by atoms with van der Waals surface area (Å²) in [6, 6.07) is 4.87. The van der Waals surface area contributed by atoms with E-state index < -0.39 is 0 Å². The maximum atomic E-state index is 4.52. The third-order valence-electron chi connectivity index (χ3n) is 2.83. The Kier molecular flexibility index (Phi) is 2.40. The molecule has 0 saturated heterocycles. The molecule has 1 aromatic heterocycles. The first kappa shape index (κ1) is 9.85. The Morgan fingerprint density at radius 1 is 1.50 bits per heavy atom. The van der Waals surface area contributed by atoms with E-state index >= 15 is 0 Å². The highest BCUT2D eigenvalue weighted by Gasteiger charge is 2.23. The van der Waals surface area contributed by atoms with Gasteiger partial charge in [0.2, 0.25) is 0 Å². The molecule has 3 rings (SSSR count). The zero-order valence-electron chi connectivity index (χ0n) is 9.07. The van der Waals surface area contributed by atoms with Crippen molar-refractivity contribution in [1.29, 1.82) is 0 Å². The Balaban J connectivity index is 1.71. The first-order valence-corrected chi connectivity index (χ1v) is 6.45. The quantitative estimate of drug-likeness (QED) is 0.845. The summed E-state index contributed by atoms with van der Waals surface area (Å²) >= 11 is 1.77. The molecule has 1 aliphatic heterocycles. The van der Waals surface area contributed by atoms with Crippen LogP contribution >= 0.6 is 11.3 Å². The minimum Gasteiger partial charge on any atom is -0.381 e. The van der Waals surface area contributed by atoms with Gasteiger partial charge in [0.25, 0.3) is 0 Å². The van der Waals surface area contributed by atoms with Crippen LogP contribution in [0.25, 0.3) is 5.57 Å². The summed E-state index contributed by atoms with van der Waals surface area (Å²) in [5.74, 6) is 0. The third-order valence-corrected chi connectivity index (χ3v) is 3.78. The van der Waals surface area contributed by atoms with Crippen molar-refractivity contribution in [2.45, 2.75) is 18.9 Å². The largest absolute Gasteiger partial charge is 0.381 e. The van der Waals surface area contributed by atoms with Gasteiger partial charge in [-0.25, -0.2) is 0 Å². The minimum absolute atomic E-state index is 0.648. The topological polar surface area (TPSA) is 24.4 Å². The lowest BCUT2D eigenvalue weighted by atomic mass is 10.2. The van der Waals surface area contributed by atoms with Crippen LogP contribution in [0.5, 0.6) is 0 Å². The van der Waals surface area contributed by atoms with Crippen molar-refractivity contribution >= 4 is 22.6 Å². The van der Waals surface area contributed by atoms with Crippen LogP contribution in [0.15, 0.2) is 40.9 Å². The van der Waals surface area contributed by atoms with E-state index in [1.807, 2.05) is 0 Å². The van der Waals surface area contributed by atoms with Crippen molar-refractivity contribution in [3.05, 3.63) is 40.7 Å². The van der Waals surface area contributed by atoms with Crippen LogP contribution in [0.1, 0.15) is 17.7 Å². The fourth-order valence-corrected chi connectivity index (χ4v) is 2.50. The average Bonchev–Trinajstić information content (AvgIpc) is 2.84. The number of thiophene rings is 1. The fourth-order valence-electron chi connectivity index (χ4n) is 1.77. The lowest BCUT2D eigenvalue weighted by Gasteiger charge is -2.05. The number of rotatable bonds is 4. The second-order valence-electron chi connectivity index (χ2n) is 4.25. The lowest BCUT2D eigenvalue weighted by molar-refractivity contribution is 0.840. The molecule has 1 saturated carbocycles. The van der Waals surface area contributed by atoms with Gasteiger partial charge in [-0.2, -0.15) is 0 Å². The number of nitrogens with one attached hydrogen (secondary N) is 1. The summed E-state index contributed by atoms with van der Waals surface area (Å²) in [6.45, 7) is 4.84. The van der Waals surface area contributed by atoms with Gasteiger partial charge in [-0.05, 0) is 35.9 Å². The molecule has 2 aliphatic rings. The Morgan fingerprint density at radius 3 is 3.06 bits per heavy atom. The van der Waals surface area contributed by atoms with Crippen molar-refractivity contribution in [3.8, 4) is 0 Å². The summed E-state index contributed by atoms with van der Waals surface area (Å²) in [6.07, 6.45) is 4.70. The van der Waals surface area contributed by atoms with E-state index in [0.717, 1.165) is 18.0 Å². The molecule has 0 amide bonds. The molecule has 3 heteroatoms. The molecule has 1 aliphatic carbocycles. The summed E-state index contributed by atoms with van der Waals surface area (Å²) in [4.78, 5) is 5.84. The zero-order valence-corrected chi connectivity index (χ0v) is 9.89. The number of nitrogens with zero attached hydrogens (tertiary/aromatic N) is 1. The second-order valence-corrected chi connectivity index (χ2v) is 5.19. The first-order valence-electron chi connectivity index (χ1n) is 5.57. The highest BCUT2D eigenvalue weighted by atomic mass is 32.1. The van der Waals surface area contributed by atoms with Gasteiger partial charge < -0.3 is 5.32 Å². The molecule has 2 heterocycles. The van der Waals surface area contributed by atoms with Crippen LogP contribution in [-0.2, 0) is 0 Å². The standard InChI is InChI=1S/C13H14N2S/c1-9(15-11-4-5-11)12-7-10(8-14-12)13-3-2-6-16-13/h2-3,6-7,11,15H,1,4-5,8H2. The number of aliphatic imine (C=N–C) groups is 1. The van der Waals surface area contributed by atoms with E-state index in [2.05, 4.69) is 40.5 Å². The molecule has 1 N–H and O–H groups in total. The van der Waals surface area contributed by atoms with E-state index in [0.29, 0.717) is 6.04 Å². The van der Waals surface area contributed by atoms with Gasteiger partial charge in [-0.15, -0.1) is 11.3 Å². The molecule has 16 heavy (non-hydrogen) atoms. The molecule has 0 atom stereocenters. The van der Waals surface area contributed by atoms with Gasteiger partial charge in [0, 0.05) is 10.9 Å². The molecular formula is C13H14N2S. The predicted molar refractivity (Wildman–Crippen MR) is 69.9 cm³/mol. The molecule has 1 fully saturated rings. The van der Waals surface area contributed by atoms with Crippen LogP contribution in [0, 0.1) is 0 Å². The molecule has 2 nitrogen and oxygen atoms in total. The van der Waals surface area contributed by atoms with Gasteiger partial charge in [0.05, 0.1) is 18.0 Å². The summed E-state index contributed by atoms with van der Waals surface area (Å²) in [7, 11) is 0. The van der Waals surface area contributed by atoms with Crippen molar-refractivity contribution < 1.29 is 0 Å². The number of hydrogen-bond acceptors (Lipinski definition) is 3.